The molecule has 3 aromatic rings. The first-order chi connectivity index (χ1) is 10.2. The smallest absolute Gasteiger partial charge is 0.244 e. The molecule has 1 N–H and O–H groups in total. The minimum atomic E-state index is -0.201. The molecule has 0 saturated carbocycles. The normalized spacial score (nSPS) is 12.2. The van der Waals surface area contributed by atoms with Crippen molar-refractivity contribution in [2.24, 2.45) is 0 Å². The number of aromatic nitrogens is 4. The first-order valence-electron chi connectivity index (χ1n) is 6.37. The Morgan fingerprint density at radius 2 is 2.38 bits per heavy atom. The van der Waals surface area contributed by atoms with Crippen LogP contribution in [0.4, 0.5) is 0 Å². The number of rotatable bonds is 5. The van der Waals surface area contributed by atoms with E-state index < -0.39 is 0 Å². The van der Waals surface area contributed by atoms with Gasteiger partial charge >= 0.3 is 0 Å². The maximum atomic E-state index is 11.9. The van der Waals surface area contributed by atoms with Crippen LogP contribution in [-0.2, 0) is 11.3 Å². The average Bonchev–Trinajstić information content (AvgIpc) is 3.21. The topological polar surface area (TPSA) is 85.8 Å². The third-order valence-corrected chi connectivity index (χ3v) is 3.69. The van der Waals surface area contributed by atoms with Crippen molar-refractivity contribution < 1.29 is 9.21 Å². The number of thiophene rings is 1. The molecule has 3 heterocycles. The molecule has 0 unspecified atom stereocenters. The van der Waals surface area contributed by atoms with Gasteiger partial charge in [-0.3, -0.25) is 4.79 Å². The fourth-order valence-corrected chi connectivity index (χ4v) is 2.49. The zero-order valence-corrected chi connectivity index (χ0v) is 12.1. The molecule has 0 saturated heterocycles. The summed E-state index contributed by atoms with van der Waals surface area (Å²) in [7, 11) is 0. The number of tetrazole rings is 1. The Kier molecular flexibility index (Phi) is 3.78. The molecule has 7 nitrogen and oxygen atoms in total. The molecule has 0 aliphatic carbocycles. The monoisotopic (exact) mass is 303 g/mol. The van der Waals surface area contributed by atoms with Crippen LogP contribution in [0.3, 0.4) is 0 Å². The Labute approximate surface area is 124 Å². The molecule has 0 aliphatic heterocycles. The number of hydrogen-bond acceptors (Lipinski definition) is 6. The van der Waals surface area contributed by atoms with E-state index in [2.05, 4.69) is 20.7 Å². The quantitative estimate of drug-likeness (QED) is 0.777. The maximum absolute atomic E-state index is 11.9. The Balaban J connectivity index is 1.60. The van der Waals surface area contributed by atoms with Crippen LogP contribution < -0.4 is 5.32 Å². The van der Waals surface area contributed by atoms with Gasteiger partial charge in [0.05, 0.1) is 17.2 Å². The van der Waals surface area contributed by atoms with Crippen molar-refractivity contribution in [3.05, 3.63) is 41.7 Å². The number of nitrogens with zero attached hydrogens (tertiary/aromatic N) is 4. The number of amides is 1. The van der Waals surface area contributed by atoms with E-state index in [1.807, 2.05) is 30.5 Å². The molecule has 21 heavy (non-hydrogen) atoms. The van der Waals surface area contributed by atoms with Crippen molar-refractivity contribution in [1.29, 1.82) is 0 Å². The molecule has 8 heteroatoms. The Bertz CT molecular complexity index is 705. The van der Waals surface area contributed by atoms with Gasteiger partial charge in [-0.15, -0.1) is 21.5 Å². The Morgan fingerprint density at radius 3 is 3.10 bits per heavy atom. The molecule has 108 valence electrons. The second kappa shape index (κ2) is 5.88. The van der Waals surface area contributed by atoms with Crippen molar-refractivity contribution >= 4 is 17.2 Å². The summed E-state index contributed by atoms with van der Waals surface area (Å²) in [6.07, 6.45) is 1.57. The minimum Gasteiger partial charge on any atom is -0.467 e. The minimum absolute atomic E-state index is 0.0173. The van der Waals surface area contributed by atoms with Crippen LogP contribution in [0.2, 0.25) is 0 Å². The van der Waals surface area contributed by atoms with Gasteiger partial charge in [-0.05, 0) is 35.7 Å². The van der Waals surface area contributed by atoms with E-state index in [0.29, 0.717) is 11.6 Å². The summed E-state index contributed by atoms with van der Waals surface area (Å²) in [4.78, 5) is 14.1. The van der Waals surface area contributed by atoms with Crippen LogP contribution in [0.15, 0.2) is 40.3 Å². The summed E-state index contributed by atoms with van der Waals surface area (Å²) in [5.74, 6) is 1.03. The largest absolute Gasteiger partial charge is 0.467 e. The fourth-order valence-electron chi connectivity index (χ4n) is 1.84. The number of hydrogen-bond donors (Lipinski definition) is 1. The van der Waals surface area contributed by atoms with Crippen molar-refractivity contribution in [3.63, 3.8) is 0 Å². The molecule has 0 aromatic carbocycles. The summed E-state index contributed by atoms with van der Waals surface area (Å²) in [5.41, 5.74) is 0. The summed E-state index contributed by atoms with van der Waals surface area (Å²) in [5, 5.41) is 16.8. The lowest BCUT2D eigenvalue weighted by Crippen LogP contribution is -2.30. The predicted molar refractivity (Wildman–Crippen MR) is 76.4 cm³/mol. The van der Waals surface area contributed by atoms with Gasteiger partial charge in [0.25, 0.3) is 0 Å². The van der Waals surface area contributed by atoms with Crippen LogP contribution in [-0.4, -0.2) is 26.1 Å². The second-order valence-corrected chi connectivity index (χ2v) is 5.37. The van der Waals surface area contributed by atoms with Crippen LogP contribution in [0.25, 0.3) is 10.7 Å². The van der Waals surface area contributed by atoms with Gasteiger partial charge in [0, 0.05) is 0 Å². The van der Waals surface area contributed by atoms with Crippen LogP contribution >= 0.6 is 11.3 Å². The average molecular weight is 303 g/mol. The third-order valence-electron chi connectivity index (χ3n) is 2.83. The second-order valence-electron chi connectivity index (χ2n) is 4.43. The number of nitrogens with one attached hydrogen (secondary N) is 1. The van der Waals surface area contributed by atoms with Gasteiger partial charge in [-0.2, -0.15) is 4.80 Å². The molecular weight excluding hydrogens is 290 g/mol. The van der Waals surface area contributed by atoms with Crippen molar-refractivity contribution in [1.82, 2.24) is 25.5 Å². The molecule has 0 spiro atoms. The summed E-state index contributed by atoms with van der Waals surface area (Å²) in [6, 6.07) is 7.22. The molecule has 3 rings (SSSR count). The molecule has 0 bridgehead atoms. The molecule has 0 aliphatic rings. The summed E-state index contributed by atoms with van der Waals surface area (Å²) >= 11 is 1.53. The van der Waals surface area contributed by atoms with E-state index in [1.54, 1.807) is 12.3 Å². The highest BCUT2D eigenvalue weighted by Crippen LogP contribution is 2.19. The van der Waals surface area contributed by atoms with Crippen molar-refractivity contribution in [2.45, 2.75) is 19.5 Å². The zero-order valence-electron chi connectivity index (χ0n) is 11.3. The first kappa shape index (κ1) is 13.5. The Morgan fingerprint density at radius 1 is 1.48 bits per heavy atom. The molecule has 1 atom stereocenters. The lowest BCUT2D eigenvalue weighted by atomic mass is 10.2. The van der Waals surface area contributed by atoms with Gasteiger partial charge in [0.1, 0.15) is 12.3 Å². The molecule has 3 aromatic heterocycles. The highest BCUT2D eigenvalue weighted by atomic mass is 32.1. The van der Waals surface area contributed by atoms with Crippen LogP contribution in [0, 0.1) is 0 Å². The predicted octanol–water partition coefficient (Wildman–Crippen LogP) is 1.87. The van der Waals surface area contributed by atoms with E-state index >= 15 is 0 Å². The van der Waals surface area contributed by atoms with Crippen molar-refractivity contribution in [3.8, 4) is 10.7 Å². The van der Waals surface area contributed by atoms with Gasteiger partial charge < -0.3 is 9.73 Å². The standard InChI is InChI=1S/C13H13N5O2S/c1-9(10-4-2-6-20-10)14-12(19)8-18-16-13(15-17-18)11-5-3-7-21-11/h2-7,9H,8H2,1H3,(H,14,19)/t9-/m0/s1. The SMILES string of the molecule is C[C@H](NC(=O)Cn1nnc(-c2cccs2)n1)c1ccco1. The lowest BCUT2D eigenvalue weighted by Gasteiger charge is -2.10. The molecule has 1 amide bonds. The van der Waals surface area contributed by atoms with E-state index in [-0.39, 0.29) is 18.5 Å². The fraction of sp³-hybridized carbons (Fsp3) is 0.231. The van der Waals surface area contributed by atoms with Crippen LogP contribution in [0.1, 0.15) is 18.7 Å². The van der Waals surface area contributed by atoms with E-state index in [4.69, 9.17) is 4.42 Å². The summed E-state index contributed by atoms with van der Waals surface area (Å²) < 4.78 is 5.24. The van der Waals surface area contributed by atoms with Gasteiger partial charge in [0.2, 0.25) is 11.7 Å². The van der Waals surface area contributed by atoms with E-state index in [1.165, 1.54) is 16.1 Å². The number of carbonyl (C=O) groups excluding carboxylic acids is 1. The molecule has 0 radical (unpaired) electrons. The molecule has 0 fully saturated rings. The summed E-state index contributed by atoms with van der Waals surface area (Å²) in [6.45, 7) is 1.87. The van der Waals surface area contributed by atoms with Crippen LogP contribution in [0.5, 0.6) is 0 Å². The number of carbonyl (C=O) groups is 1. The third kappa shape index (κ3) is 3.16. The number of furan rings is 1. The highest BCUT2D eigenvalue weighted by Gasteiger charge is 2.14. The van der Waals surface area contributed by atoms with Crippen molar-refractivity contribution in [2.75, 3.05) is 0 Å². The van der Waals surface area contributed by atoms with Gasteiger partial charge in [-0.1, -0.05) is 6.07 Å². The van der Waals surface area contributed by atoms with E-state index in [0.717, 1.165) is 4.88 Å². The maximum Gasteiger partial charge on any atom is 0.244 e. The van der Waals surface area contributed by atoms with Gasteiger partial charge in [-0.25, -0.2) is 0 Å². The highest BCUT2D eigenvalue weighted by molar-refractivity contribution is 7.13. The Hall–Kier alpha value is -2.48. The first-order valence-corrected chi connectivity index (χ1v) is 7.25. The zero-order chi connectivity index (χ0) is 14.7. The lowest BCUT2D eigenvalue weighted by molar-refractivity contribution is -0.122. The van der Waals surface area contributed by atoms with E-state index in [9.17, 15) is 4.79 Å². The van der Waals surface area contributed by atoms with Gasteiger partial charge in [0.15, 0.2) is 0 Å². The molecular formula is C13H13N5O2S.